The van der Waals surface area contributed by atoms with Gasteiger partial charge in [-0.15, -0.1) is 0 Å². The molecule has 2 aromatic rings. The SMILES string of the molecule is CCN(C(=O)NCc1ccc([N+](=O)[O-])cc1)C1CCN(C[C@H]2CC(NC(CC(C)C)C(=O)O)C[C@@H]2c2ccccc2)CC1. The Bertz CT molecular complexity index is 1200. The monoisotopic (exact) mass is 593 g/mol. The van der Waals surface area contributed by atoms with Gasteiger partial charge in [-0.1, -0.05) is 56.3 Å². The fourth-order valence-corrected chi connectivity index (χ4v) is 6.89. The largest absolute Gasteiger partial charge is 0.480 e. The summed E-state index contributed by atoms with van der Waals surface area (Å²) < 4.78 is 0. The Kier molecular flexibility index (Phi) is 11.5. The highest BCUT2D eigenvalue weighted by atomic mass is 16.6. The van der Waals surface area contributed by atoms with Gasteiger partial charge in [0, 0.05) is 56.9 Å². The normalized spacial score (nSPS) is 21.9. The number of carboxylic acid groups (broad SMARTS) is 1. The van der Waals surface area contributed by atoms with Crippen molar-refractivity contribution in [3.63, 3.8) is 0 Å². The van der Waals surface area contributed by atoms with E-state index in [4.69, 9.17) is 0 Å². The Morgan fingerprint density at radius 3 is 2.33 bits per heavy atom. The van der Waals surface area contributed by atoms with Crippen molar-refractivity contribution in [3.8, 4) is 0 Å². The predicted molar refractivity (Wildman–Crippen MR) is 167 cm³/mol. The Morgan fingerprint density at radius 2 is 1.74 bits per heavy atom. The number of hydrogen-bond donors (Lipinski definition) is 3. The van der Waals surface area contributed by atoms with E-state index in [1.54, 1.807) is 12.1 Å². The highest BCUT2D eigenvalue weighted by Gasteiger charge is 2.38. The van der Waals surface area contributed by atoms with E-state index in [1.165, 1.54) is 17.7 Å². The number of nitro benzene ring substituents is 1. The Morgan fingerprint density at radius 1 is 1.07 bits per heavy atom. The van der Waals surface area contributed by atoms with E-state index in [0.29, 0.717) is 37.3 Å². The lowest BCUT2D eigenvalue weighted by atomic mass is 9.88. The first kappa shape index (κ1) is 32.4. The molecule has 0 spiro atoms. The zero-order chi connectivity index (χ0) is 30.9. The quantitative estimate of drug-likeness (QED) is 0.214. The van der Waals surface area contributed by atoms with Gasteiger partial charge in [-0.05, 0) is 67.9 Å². The molecule has 10 nitrogen and oxygen atoms in total. The van der Waals surface area contributed by atoms with Gasteiger partial charge in [-0.3, -0.25) is 14.9 Å². The maximum absolute atomic E-state index is 13.1. The van der Waals surface area contributed by atoms with Crippen LogP contribution in [0.4, 0.5) is 10.5 Å². The van der Waals surface area contributed by atoms with Crippen LogP contribution < -0.4 is 10.6 Å². The average molecular weight is 594 g/mol. The number of urea groups is 1. The van der Waals surface area contributed by atoms with Gasteiger partial charge in [0.25, 0.3) is 5.69 Å². The number of rotatable bonds is 13. The molecule has 10 heteroatoms. The molecule has 2 aromatic carbocycles. The topological polar surface area (TPSA) is 128 Å². The number of likely N-dealkylation sites (tertiary alicyclic amines) is 1. The van der Waals surface area contributed by atoms with Crippen LogP contribution in [0.5, 0.6) is 0 Å². The number of benzene rings is 2. The Labute approximate surface area is 255 Å². The molecule has 1 saturated carbocycles. The molecule has 1 heterocycles. The highest BCUT2D eigenvalue weighted by Crippen LogP contribution is 2.41. The number of non-ortho nitro benzene ring substituents is 1. The molecular formula is C33H47N5O5. The zero-order valence-electron chi connectivity index (χ0n) is 25.7. The van der Waals surface area contributed by atoms with E-state index >= 15 is 0 Å². The molecule has 1 aliphatic heterocycles. The Balaban J connectivity index is 1.32. The van der Waals surface area contributed by atoms with Gasteiger partial charge in [-0.2, -0.15) is 0 Å². The van der Waals surface area contributed by atoms with Crippen LogP contribution in [0.15, 0.2) is 54.6 Å². The lowest BCUT2D eigenvalue weighted by Gasteiger charge is -2.39. The molecule has 4 rings (SSSR count). The molecule has 2 unspecified atom stereocenters. The van der Waals surface area contributed by atoms with Crippen molar-refractivity contribution in [2.45, 2.75) is 83.5 Å². The summed E-state index contributed by atoms with van der Waals surface area (Å²) >= 11 is 0. The van der Waals surface area contributed by atoms with Crippen molar-refractivity contribution in [2.24, 2.45) is 11.8 Å². The molecule has 3 N–H and O–H groups in total. The molecule has 0 bridgehead atoms. The van der Waals surface area contributed by atoms with Crippen LogP contribution >= 0.6 is 0 Å². The van der Waals surface area contributed by atoms with Crippen molar-refractivity contribution in [2.75, 3.05) is 26.2 Å². The van der Waals surface area contributed by atoms with Crippen LogP contribution in [0.3, 0.4) is 0 Å². The summed E-state index contributed by atoms with van der Waals surface area (Å²) in [6.45, 7) is 9.85. The lowest BCUT2D eigenvalue weighted by Crippen LogP contribution is -2.51. The van der Waals surface area contributed by atoms with Gasteiger partial charge >= 0.3 is 12.0 Å². The first-order valence-electron chi connectivity index (χ1n) is 15.7. The summed E-state index contributed by atoms with van der Waals surface area (Å²) in [7, 11) is 0. The third kappa shape index (κ3) is 9.00. The fraction of sp³-hybridized carbons (Fsp3) is 0.576. The van der Waals surface area contributed by atoms with Crippen LogP contribution in [-0.4, -0.2) is 76.1 Å². The summed E-state index contributed by atoms with van der Waals surface area (Å²) in [4.78, 5) is 39.9. The van der Waals surface area contributed by atoms with E-state index in [1.807, 2.05) is 17.9 Å². The Hall–Kier alpha value is -3.50. The summed E-state index contributed by atoms with van der Waals surface area (Å²) in [5.74, 6) is 0.344. The molecule has 0 radical (unpaired) electrons. The van der Waals surface area contributed by atoms with E-state index in [2.05, 4.69) is 53.6 Å². The maximum Gasteiger partial charge on any atom is 0.320 e. The zero-order valence-corrected chi connectivity index (χ0v) is 25.7. The fourth-order valence-electron chi connectivity index (χ4n) is 6.89. The number of hydrogen-bond acceptors (Lipinski definition) is 6. The average Bonchev–Trinajstić information content (AvgIpc) is 3.39. The molecule has 4 atom stereocenters. The number of amides is 2. The molecule has 2 fully saturated rings. The summed E-state index contributed by atoms with van der Waals surface area (Å²) in [6.07, 6.45) is 4.31. The number of carbonyl (C=O) groups excluding carboxylic acids is 1. The van der Waals surface area contributed by atoms with Crippen molar-refractivity contribution < 1.29 is 19.6 Å². The molecule has 2 aliphatic rings. The number of nitro groups is 1. The third-order valence-corrected chi connectivity index (χ3v) is 9.05. The number of nitrogens with zero attached hydrogens (tertiary/aromatic N) is 3. The van der Waals surface area contributed by atoms with Gasteiger partial charge in [-0.25, -0.2) is 4.79 Å². The van der Waals surface area contributed by atoms with E-state index in [0.717, 1.165) is 50.9 Å². The number of carbonyl (C=O) groups is 2. The van der Waals surface area contributed by atoms with E-state index < -0.39 is 16.9 Å². The number of aliphatic carboxylic acids is 1. The van der Waals surface area contributed by atoms with E-state index in [-0.39, 0.29) is 23.8 Å². The van der Waals surface area contributed by atoms with Gasteiger partial charge in [0.05, 0.1) is 4.92 Å². The summed E-state index contributed by atoms with van der Waals surface area (Å²) in [6, 6.07) is 16.6. The predicted octanol–water partition coefficient (Wildman–Crippen LogP) is 5.24. The second-order valence-corrected chi connectivity index (χ2v) is 12.5. The standard InChI is InChI=1S/C33H47N5O5/c1-4-37(33(41)34-21-24-10-12-29(13-11-24)38(42)43)28-14-16-36(17-15-28)22-26-19-27(35-31(32(39)40)18-23(2)3)20-30(26)25-8-6-5-7-9-25/h5-13,23,26-28,30-31,35H,4,14-22H2,1-3H3,(H,34,41)(H,39,40)/t26-,27?,30-,31?/m1/s1. The van der Waals surface area contributed by atoms with Gasteiger partial charge in [0.1, 0.15) is 6.04 Å². The second kappa shape index (κ2) is 15.3. The third-order valence-electron chi connectivity index (χ3n) is 9.05. The number of piperidine rings is 1. The van der Waals surface area contributed by atoms with Crippen molar-refractivity contribution in [1.82, 2.24) is 20.4 Å². The van der Waals surface area contributed by atoms with Crippen LogP contribution in [0.1, 0.15) is 69.9 Å². The minimum absolute atomic E-state index is 0.0343. The van der Waals surface area contributed by atoms with Crippen LogP contribution in [-0.2, 0) is 11.3 Å². The molecule has 1 aliphatic carbocycles. The summed E-state index contributed by atoms with van der Waals surface area (Å²) in [5.41, 5.74) is 2.18. The highest BCUT2D eigenvalue weighted by molar-refractivity contribution is 5.74. The number of nitrogens with one attached hydrogen (secondary N) is 2. The van der Waals surface area contributed by atoms with Gasteiger partial charge < -0.3 is 25.5 Å². The van der Waals surface area contributed by atoms with Gasteiger partial charge in [0.2, 0.25) is 0 Å². The smallest absolute Gasteiger partial charge is 0.320 e. The first-order valence-corrected chi connectivity index (χ1v) is 15.7. The molecule has 43 heavy (non-hydrogen) atoms. The molecule has 234 valence electrons. The molecular weight excluding hydrogens is 546 g/mol. The van der Waals surface area contributed by atoms with Gasteiger partial charge in [0.15, 0.2) is 0 Å². The van der Waals surface area contributed by atoms with Crippen molar-refractivity contribution >= 4 is 17.7 Å². The van der Waals surface area contributed by atoms with Crippen LogP contribution in [0, 0.1) is 22.0 Å². The number of carboxylic acids is 1. The molecule has 2 amide bonds. The molecule has 1 saturated heterocycles. The van der Waals surface area contributed by atoms with Crippen LogP contribution in [0.25, 0.3) is 0 Å². The van der Waals surface area contributed by atoms with Crippen LogP contribution in [0.2, 0.25) is 0 Å². The first-order chi connectivity index (χ1) is 20.6. The maximum atomic E-state index is 13.1. The molecule has 0 aromatic heterocycles. The second-order valence-electron chi connectivity index (χ2n) is 12.5. The summed E-state index contributed by atoms with van der Waals surface area (Å²) in [5, 5.41) is 27.2. The van der Waals surface area contributed by atoms with Crippen molar-refractivity contribution in [1.29, 1.82) is 0 Å². The minimum Gasteiger partial charge on any atom is -0.480 e. The van der Waals surface area contributed by atoms with E-state index in [9.17, 15) is 24.8 Å². The lowest BCUT2D eigenvalue weighted by molar-refractivity contribution is -0.384. The van der Waals surface area contributed by atoms with Crippen molar-refractivity contribution in [3.05, 3.63) is 75.8 Å². The minimum atomic E-state index is -0.771.